The second-order valence-electron chi connectivity index (χ2n) is 7.19. The molecule has 2 N–H and O–H groups in total. The molecule has 0 saturated carbocycles. The van der Waals surface area contributed by atoms with Crippen LogP contribution in [0.15, 0.2) is 4.99 Å². The van der Waals surface area contributed by atoms with Crippen LogP contribution in [-0.2, 0) is 19.0 Å². The molecule has 0 unspecified atom stereocenters. The minimum absolute atomic E-state index is 0.0307. The summed E-state index contributed by atoms with van der Waals surface area (Å²) in [6, 6.07) is 0. The maximum atomic E-state index is 11.9. The SMILES string of the molecule is COC1(CNC(=NCC(=O)N(C)C)NCCN2CCOCC2)CCOCC1. The van der Waals surface area contributed by atoms with Gasteiger partial charge in [-0.1, -0.05) is 0 Å². The summed E-state index contributed by atoms with van der Waals surface area (Å²) in [5.74, 6) is 0.609. The van der Waals surface area contributed by atoms with Gasteiger partial charge in [0.05, 0.1) is 18.8 Å². The molecule has 2 fully saturated rings. The largest absolute Gasteiger partial charge is 0.381 e. The normalized spacial score (nSPS) is 20.9. The van der Waals surface area contributed by atoms with E-state index in [1.165, 1.54) is 0 Å². The molecule has 9 nitrogen and oxygen atoms in total. The van der Waals surface area contributed by atoms with Crippen molar-refractivity contribution in [3.63, 3.8) is 0 Å². The van der Waals surface area contributed by atoms with Crippen LogP contribution in [0.4, 0.5) is 0 Å². The topological polar surface area (TPSA) is 87.7 Å². The number of nitrogens with zero attached hydrogens (tertiary/aromatic N) is 3. The average Bonchev–Trinajstić information content (AvgIpc) is 2.70. The molecule has 2 rings (SSSR count). The lowest BCUT2D eigenvalue weighted by Gasteiger charge is -2.36. The lowest BCUT2D eigenvalue weighted by atomic mass is 9.94. The van der Waals surface area contributed by atoms with E-state index in [-0.39, 0.29) is 18.1 Å². The molecule has 156 valence electrons. The zero-order valence-corrected chi connectivity index (χ0v) is 17.0. The molecule has 1 amide bonds. The number of methoxy groups -OCH3 is 1. The Morgan fingerprint density at radius 1 is 1.15 bits per heavy atom. The minimum Gasteiger partial charge on any atom is -0.381 e. The molecular formula is C18H35N5O4. The van der Waals surface area contributed by atoms with Gasteiger partial charge in [0.1, 0.15) is 6.54 Å². The summed E-state index contributed by atoms with van der Waals surface area (Å²) in [6.07, 6.45) is 1.68. The molecule has 0 aromatic rings. The van der Waals surface area contributed by atoms with E-state index in [0.29, 0.717) is 25.7 Å². The maximum Gasteiger partial charge on any atom is 0.243 e. The number of carbonyl (C=O) groups excluding carboxylic acids is 1. The second-order valence-corrected chi connectivity index (χ2v) is 7.19. The summed E-state index contributed by atoms with van der Waals surface area (Å²) in [5, 5.41) is 6.70. The van der Waals surface area contributed by atoms with Crippen LogP contribution in [0.25, 0.3) is 0 Å². The van der Waals surface area contributed by atoms with E-state index in [4.69, 9.17) is 14.2 Å². The van der Waals surface area contributed by atoms with Crippen LogP contribution < -0.4 is 10.6 Å². The van der Waals surface area contributed by atoms with Gasteiger partial charge < -0.3 is 29.7 Å². The number of guanidine groups is 1. The fraction of sp³-hybridized carbons (Fsp3) is 0.889. The molecule has 0 aromatic carbocycles. The molecule has 0 aromatic heterocycles. The second kappa shape index (κ2) is 11.4. The fourth-order valence-electron chi connectivity index (χ4n) is 3.06. The van der Waals surface area contributed by atoms with Crippen molar-refractivity contribution in [1.82, 2.24) is 20.4 Å². The van der Waals surface area contributed by atoms with Gasteiger partial charge in [0.25, 0.3) is 0 Å². The predicted molar refractivity (Wildman–Crippen MR) is 104 cm³/mol. The summed E-state index contributed by atoms with van der Waals surface area (Å²) in [7, 11) is 5.21. The molecule has 2 aliphatic heterocycles. The highest BCUT2D eigenvalue weighted by atomic mass is 16.5. The summed E-state index contributed by atoms with van der Waals surface area (Å²) >= 11 is 0. The predicted octanol–water partition coefficient (Wildman–Crippen LogP) is -0.862. The van der Waals surface area contributed by atoms with Crippen molar-refractivity contribution >= 4 is 11.9 Å². The van der Waals surface area contributed by atoms with Crippen molar-refractivity contribution < 1.29 is 19.0 Å². The smallest absolute Gasteiger partial charge is 0.243 e. The van der Waals surface area contributed by atoms with E-state index in [2.05, 4.69) is 20.5 Å². The Kier molecular flexibility index (Phi) is 9.26. The average molecular weight is 386 g/mol. The lowest BCUT2D eigenvalue weighted by molar-refractivity contribution is -0.127. The standard InChI is InChI=1S/C18H35N5O4/c1-22(2)16(24)14-20-17(19-6-7-23-8-12-27-13-9-23)21-15-18(25-3)4-10-26-11-5-18/h4-15H2,1-3H3,(H2,19,20,21). The number of hydrogen-bond donors (Lipinski definition) is 2. The van der Waals surface area contributed by atoms with Gasteiger partial charge in [-0.25, -0.2) is 4.99 Å². The molecule has 0 spiro atoms. The van der Waals surface area contributed by atoms with E-state index >= 15 is 0 Å². The molecule has 2 heterocycles. The summed E-state index contributed by atoms with van der Waals surface area (Å²) < 4.78 is 16.6. The molecule has 0 aliphatic carbocycles. The Hall–Kier alpha value is -1.42. The number of ether oxygens (including phenoxy) is 3. The molecule has 0 atom stereocenters. The third-order valence-corrected chi connectivity index (χ3v) is 5.11. The number of hydrogen-bond acceptors (Lipinski definition) is 6. The van der Waals surface area contributed by atoms with E-state index in [1.807, 2.05) is 0 Å². The molecule has 2 aliphatic rings. The number of morpholine rings is 1. The van der Waals surface area contributed by atoms with Crippen molar-refractivity contribution in [2.45, 2.75) is 18.4 Å². The molecular weight excluding hydrogens is 350 g/mol. The van der Waals surface area contributed by atoms with Gasteiger partial charge in [0.15, 0.2) is 5.96 Å². The molecule has 0 bridgehead atoms. The van der Waals surface area contributed by atoms with E-state index in [0.717, 1.165) is 52.2 Å². The van der Waals surface area contributed by atoms with Gasteiger partial charge in [-0.3, -0.25) is 9.69 Å². The first kappa shape index (κ1) is 21.9. The summed E-state index contributed by atoms with van der Waals surface area (Å²) in [5.41, 5.74) is -0.254. The lowest BCUT2D eigenvalue weighted by Crippen LogP contribution is -2.52. The zero-order chi connectivity index (χ0) is 19.5. The molecule has 2 saturated heterocycles. The molecule has 27 heavy (non-hydrogen) atoms. The van der Waals surface area contributed by atoms with E-state index < -0.39 is 0 Å². The van der Waals surface area contributed by atoms with Gasteiger partial charge in [0, 0.05) is 80.0 Å². The third kappa shape index (κ3) is 7.61. The van der Waals surface area contributed by atoms with Crippen LogP contribution >= 0.6 is 0 Å². The Morgan fingerprint density at radius 2 is 1.81 bits per heavy atom. The van der Waals surface area contributed by atoms with Gasteiger partial charge in [0.2, 0.25) is 5.91 Å². The number of carbonyl (C=O) groups is 1. The van der Waals surface area contributed by atoms with Crippen molar-refractivity contribution in [3.8, 4) is 0 Å². The quantitative estimate of drug-likeness (QED) is 0.415. The maximum absolute atomic E-state index is 11.9. The monoisotopic (exact) mass is 385 g/mol. The minimum atomic E-state index is -0.254. The first-order valence-electron chi connectivity index (χ1n) is 9.70. The first-order chi connectivity index (χ1) is 13.0. The number of nitrogens with one attached hydrogen (secondary N) is 2. The van der Waals surface area contributed by atoms with Gasteiger partial charge in [-0.05, 0) is 0 Å². The Labute approximate surface area is 162 Å². The summed E-state index contributed by atoms with van der Waals surface area (Å²) in [4.78, 5) is 20.2. The number of rotatable bonds is 8. The highest BCUT2D eigenvalue weighted by Gasteiger charge is 2.32. The third-order valence-electron chi connectivity index (χ3n) is 5.11. The Morgan fingerprint density at radius 3 is 2.44 bits per heavy atom. The Balaban J connectivity index is 1.87. The van der Waals surface area contributed by atoms with Crippen LogP contribution in [0, 0.1) is 0 Å². The number of amides is 1. The van der Waals surface area contributed by atoms with Gasteiger partial charge in [-0.15, -0.1) is 0 Å². The highest BCUT2D eigenvalue weighted by molar-refractivity contribution is 5.84. The molecule has 9 heteroatoms. The van der Waals surface area contributed by atoms with Crippen molar-refractivity contribution in [3.05, 3.63) is 0 Å². The zero-order valence-electron chi connectivity index (χ0n) is 17.0. The van der Waals surface area contributed by atoms with Gasteiger partial charge >= 0.3 is 0 Å². The van der Waals surface area contributed by atoms with Crippen LogP contribution in [0.3, 0.4) is 0 Å². The van der Waals surface area contributed by atoms with Crippen LogP contribution in [-0.4, -0.2) is 114 Å². The number of aliphatic imine (C=N–C) groups is 1. The van der Waals surface area contributed by atoms with Crippen molar-refractivity contribution in [2.24, 2.45) is 4.99 Å². The highest BCUT2D eigenvalue weighted by Crippen LogP contribution is 2.23. The van der Waals surface area contributed by atoms with Crippen molar-refractivity contribution in [2.75, 3.05) is 86.9 Å². The van der Waals surface area contributed by atoms with E-state index in [9.17, 15) is 4.79 Å². The summed E-state index contributed by atoms with van der Waals surface area (Å²) in [6.45, 7) is 7.29. The van der Waals surface area contributed by atoms with Crippen molar-refractivity contribution in [1.29, 1.82) is 0 Å². The first-order valence-corrected chi connectivity index (χ1v) is 9.70. The number of likely N-dealkylation sites (N-methyl/N-ethyl adjacent to an activating group) is 1. The van der Waals surface area contributed by atoms with E-state index in [1.54, 1.807) is 26.1 Å². The molecule has 0 radical (unpaired) electrons. The fourth-order valence-corrected chi connectivity index (χ4v) is 3.06. The van der Waals surface area contributed by atoms with Crippen LogP contribution in [0.2, 0.25) is 0 Å². The van der Waals surface area contributed by atoms with Gasteiger partial charge in [-0.2, -0.15) is 0 Å². The Bertz CT molecular complexity index is 474. The van der Waals surface area contributed by atoms with Crippen LogP contribution in [0.5, 0.6) is 0 Å². The van der Waals surface area contributed by atoms with Crippen LogP contribution in [0.1, 0.15) is 12.8 Å².